The molecule has 3 rings (SSSR count). The van der Waals surface area contributed by atoms with Gasteiger partial charge in [0.25, 0.3) is 5.91 Å². The molecule has 0 spiro atoms. The van der Waals surface area contributed by atoms with Crippen molar-refractivity contribution in [2.75, 3.05) is 10.6 Å². The van der Waals surface area contributed by atoms with Crippen LogP contribution >= 0.6 is 11.6 Å². The summed E-state index contributed by atoms with van der Waals surface area (Å²) >= 11 is 5.91. The predicted octanol–water partition coefficient (Wildman–Crippen LogP) is 4.80. The van der Waals surface area contributed by atoms with Crippen LogP contribution in [0.4, 0.5) is 5.69 Å². The maximum absolute atomic E-state index is 12.6. The van der Waals surface area contributed by atoms with Gasteiger partial charge in [-0.05, 0) is 54.4 Å². The minimum absolute atomic E-state index is 0.143. The zero-order valence-corrected chi connectivity index (χ0v) is 18.3. The highest BCUT2D eigenvalue weighted by Crippen LogP contribution is 2.22. The Balaban J connectivity index is 1.76. The lowest BCUT2D eigenvalue weighted by atomic mass is 10.1. The highest BCUT2D eigenvalue weighted by molar-refractivity contribution is 7.92. The number of nitrogens with one attached hydrogen (secondary N) is 1. The Kier molecular flexibility index (Phi) is 6.80. The third kappa shape index (κ3) is 5.62. The molecule has 0 aliphatic heterocycles. The minimum atomic E-state index is -3.51. The number of hydrogen-bond donors (Lipinski definition) is 1. The van der Waals surface area contributed by atoms with E-state index in [1.807, 2.05) is 37.3 Å². The predicted molar refractivity (Wildman–Crippen MR) is 121 cm³/mol. The summed E-state index contributed by atoms with van der Waals surface area (Å²) in [6.07, 6.45) is 1.16. The third-order valence-electron chi connectivity index (χ3n) is 4.70. The molecule has 0 heterocycles. The van der Waals surface area contributed by atoms with Crippen LogP contribution in [0.25, 0.3) is 0 Å². The lowest BCUT2D eigenvalue weighted by Crippen LogP contribution is -2.29. The zero-order valence-electron chi connectivity index (χ0n) is 16.7. The number of halogens is 1. The second-order valence-electron chi connectivity index (χ2n) is 7.05. The van der Waals surface area contributed by atoms with E-state index in [1.54, 1.807) is 48.5 Å². The van der Waals surface area contributed by atoms with E-state index in [-0.39, 0.29) is 18.5 Å². The number of hydrogen-bond acceptors (Lipinski definition) is 3. The van der Waals surface area contributed by atoms with Gasteiger partial charge in [-0.2, -0.15) is 0 Å². The highest BCUT2D eigenvalue weighted by atomic mass is 35.5. The lowest BCUT2D eigenvalue weighted by Gasteiger charge is -2.23. The van der Waals surface area contributed by atoms with E-state index in [0.29, 0.717) is 16.3 Å². The Morgan fingerprint density at radius 3 is 2.13 bits per heavy atom. The van der Waals surface area contributed by atoms with E-state index in [1.165, 1.54) is 4.31 Å². The van der Waals surface area contributed by atoms with Gasteiger partial charge in [-0.25, -0.2) is 8.42 Å². The van der Waals surface area contributed by atoms with Crippen molar-refractivity contribution in [1.29, 1.82) is 0 Å². The highest BCUT2D eigenvalue weighted by Gasteiger charge is 2.19. The molecule has 1 amide bonds. The zero-order chi connectivity index (χ0) is 21.7. The molecule has 0 saturated carbocycles. The largest absolute Gasteiger partial charge is 0.346 e. The molecule has 0 unspecified atom stereocenters. The van der Waals surface area contributed by atoms with Gasteiger partial charge >= 0.3 is 0 Å². The summed E-state index contributed by atoms with van der Waals surface area (Å²) in [7, 11) is -3.51. The molecule has 0 bridgehead atoms. The van der Waals surface area contributed by atoms with Crippen LogP contribution < -0.4 is 9.62 Å². The van der Waals surface area contributed by atoms with E-state index >= 15 is 0 Å². The normalized spacial score (nSPS) is 12.2. The van der Waals surface area contributed by atoms with Gasteiger partial charge in [0.15, 0.2) is 0 Å². The van der Waals surface area contributed by atoms with E-state index < -0.39 is 10.0 Å². The van der Waals surface area contributed by atoms with Gasteiger partial charge in [0.1, 0.15) is 0 Å². The average molecular weight is 443 g/mol. The summed E-state index contributed by atoms with van der Waals surface area (Å²) in [5, 5.41) is 3.54. The summed E-state index contributed by atoms with van der Waals surface area (Å²) < 4.78 is 26.0. The van der Waals surface area contributed by atoms with Gasteiger partial charge in [0.05, 0.1) is 24.5 Å². The SMILES string of the molecule is C[C@H](NC(=O)c1ccc(N(Cc2ccc(Cl)cc2)S(C)(=O)=O)cc1)c1ccccc1. The maximum atomic E-state index is 12.6. The standard InChI is InChI=1S/C23H23ClN2O3S/c1-17(19-6-4-3-5-7-19)25-23(27)20-10-14-22(15-11-20)26(30(2,28)29)16-18-8-12-21(24)13-9-18/h3-15,17H,16H2,1-2H3,(H,25,27)/t17-/m0/s1. The number of anilines is 1. The number of carbonyl (C=O) groups is 1. The van der Waals surface area contributed by atoms with Crippen molar-refractivity contribution in [2.45, 2.75) is 19.5 Å². The van der Waals surface area contributed by atoms with Crippen LogP contribution in [-0.4, -0.2) is 20.6 Å². The molecular formula is C23H23ClN2O3S. The van der Waals surface area contributed by atoms with Crippen molar-refractivity contribution < 1.29 is 13.2 Å². The van der Waals surface area contributed by atoms with Gasteiger partial charge in [0.2, 0.25) is 10.0 Å². The summed E-state index contributed by atoms with van der Waals surface area (Å²) in [5.41, 5.74) is 2.76. The number of benzene rings is 3. The van der Waals surface area contributed by atoms with Crippen LogP contribution in [-0.2, 0) is 16.6 Å². The van der Waals surface area contributed by atoms with Crippen LogP contribution in [0.15, 0.2) is 78.9 Å². The van der Waals surface area contributed by atoms with Crippen LogP contribution in [0.1, 0.15) is 34.5 Å². The molecule has 30 heavy (non-hydrogen) atoms. The number of nitrogens with zero attached hydrogens (tertiary/aromatic N) is 1. The molecule has 0 saturated heterocycles. The summed E-state index contributed by atoms with van der Waals surface area (Å²) in [4.78, 5) is 12.6. The first-order valence-corrected chi connectivity index (χ1v) is 11.6. The van der Waals surface area contributed by atoms with Gasteiger partial charge in [-0.15, -0.1) is 0 Å². The van der Waals surface area contributed by atoms with E-state index in [4.69, 9.17) is 11.6 Å². The van der Waals surface area contributed by atoms with Crippen LogP contribution in [0, 0.1) is 0 Å². The summed E-state index contributed by atoms with van der Waals surface area (Å²) in [6.45, 7) is 2.09. The Morgan fingerprint density at radius 1 is 0.967 bits per heavy atom. The van der Waals surface area contributed by atoms with E-state index in [9.17, 15) is 13.2 Å². The van der Waals surface area contributed by atoms with Crippen LogP contribution in [0.5, 0.6) is 0 Å². The Hall–Kier alpha value is -2.83. The fraction of sp³-hybridized carbons (Fsp3) is 0.174. The Labute approximate surface area is 182 Å². The first-order valence-electron chi connectivity index (χ1n) is 9.42. The molecule has 3 aromatic rings. The first-order chi connectivity index (χ1) is 14.2. The van der Waals surface area contributed by atoms with Crippen molar-refractivity contribution in [3.8, 4) is 0 Å². The third-order valence-corrected chi connectivity index (χ3v) is 6.10. The molecule has 5 nitrogen and oxygen atoms in total. The Bertz CT molecular complexity index is 1100. The number of carbonyl (C=O) groups excluding carboxylic acids is 1. The molecule has 0 fully saturated rings. The van der Waals surface area contributed by atoms with Gasteiger partial charge < -0.3 is 5.32 Å². The number of amides is 1. The van der Waals surface area contributed by atoms with Crippen molar-refractivity contribution >= 4 is 33.2 Å². The molecule has 1 N–H and O–H groups in total. The fourth-order valence-electron chi connectivity index (χ4n) is 3.04. The fourth-order valence-corrected chi connectivity index (χ4v) is 4.05. The molecule has 0 aromatic heterocycles. The monoisotopic (exact) mass is 442 g/mol. The second-order valence-corrected chi connectivity index (χ2v) is 9.39. The summed E-state index contributed by atoms with van der Waals surface area (Å²) in [6, 6.07) is 23.1. The molecule has 0 radical (unpaired) electrons. The summed E-state index contributed by atoms with van der Waals surface area (Å²) in [5.74, 6) is -0.221. The smallest absolute Gasteiger partial charge is 0.251 e. The van der Waals surface area contributed by atoms with Gasteiger partial charge in [-0.1, -0.05) is 54.1 Å². The van der Waals surface area contributed by atoms with Gasteiger partial charge in [0, 0.05) is 10.6 Å². The van der Waals surface area contributed by atoms with Crippen LogP contribution in [0.3, 0.4) is 0 Å². The molecule has 1 atom stereocenters. The van der Waals surface area contributed by atoms with Crippen molar-refractivity contribution in [3.63, 3.8) is 0 Å². The van der Waals surface area contributed by atoms with Crippen molar-refractivity contribution in [2.24, 2.45) is 0 Å². The lowest BCUT2D eigenvalue weighted by molar-refractivity contribution is 0.0940. The van der Waals surface area contributed by atoms with E-state index in [2.05, 4.69) is 5.32 Å². The minimum Gasteiger partial charge on any atom is -0.346 e. The topological polar surface area (TPSA) is 66.5 Å². The second kappa shape index (κ2) is 9.32. The van der Waals surface area contributed by atoms with Crippen LogP contribution in [0.2, 0.25) is 5.02 Å². The van der Waals surface area contributed by atoms with E-state index in [0.717, 1.165) is 17.4 Å². The average Bonchev–Trinajstić information content (AvgIpc) is 2.73. The number of rotatable bonds is 7. The van der Waals surface area contributed by atoms with Crippen molar-refractivity contribution in [3.05, 3.63) is 101 Å². The van der Waals surface area contributed by atoms with Crippen molar-refractivity contribution in [1.82, 2.24) is 5.32 Å². The molecule has 0 aliphatic rings. The molecular weight excluding hydrogens is 420 g/mol. The molecule has 156 valence electrons. The quantitative estimate of drug-likeness (QED) is 0.571. The number of sulfonamides is 1. The maximum Gasteiger partial charge on any atom is 0.251 e. The first kappa shape index (κ1) is 21.9. The van der Waals surface area contributed by atoms with Gasteiger partial charge in [-0.3, -0.25) is 9.10 Å². The Morgan fingerprint density at radius 2 is 1.57 bits per heavy atom. The molecule has 0 aliphatic carbocycles. The molecule has 3 aromatic carbocycles. The molecule has 7 heteroatoms.